The quantitative estimate of drug-likeness (QED) is 0.700. The molecule has 1 heterocycles. The number of aryl methyl sites for hydroxylation is 1. The Morgan fingerprint density at radius 1 is 1.26 bits per heavy atom. The van der Waals surface area contributed by atoms with Gasteiger partial charge in [0, 0.05) is 12.0 Å². The Balaban J connectivity index is 1.85. The van der Waals surface area contributed by atoms with Gasteiger partial charge in [-0.1, -0.05) is 30.3 Å². The molecule has 1 aliphatic rings. The molecule has 0 fully saturated rings. The normalized spacial score (nSPS) is 15.6. The third kappa shape index (κ3) is 2.94. The second-order valence-electron chi connectivity index (χ2n) is 6.47. The minimum absolute atomic E-state index is 0.156. The van der Waals surface area contributed by atoms with Crippen LogP contribution in [-0.4, -0.2) is 17.9 Å². The molecule has 0 radical (unpaired) electrons. The number of Topliss-reactive ketones (excluding diaryl/α,β-unsaturated/α-hetero) is 1. The van der Waals surface area contributed by atoms with E-state index in [2.05, 4.69) is 0 Å². The van der Waals surface area contributed by atoms with Gasteiger partial charge in [0.1, 0.15) is 5.82 Å². The Morgan fingerprint density at radius 3 is 2.70 bits per heavy atom. The SMILES string of the molecule is Cc1ccc(C(=O)Cc2ccc3c(c2)B(O)OC3(C)C)cc1F. The molecular weight excluding hydrogens is 294 g/mol. The summed E-state index contributed by atoms with van der Waals surface area (Å²) in [5.41, 5.74) is 2.71. The lowest BCUT2D eigenvalue weighted by Gasteiger charge is -2.19. The fourth-order valence-electron chi connectivity index (χ4n) is 2.93. The number of rotatable bonds is 3. The highest BCUT2D eigenvalue weighted by molar-refractivity contribution is 6.62. The van der Waals surface area contributed by atoms with Gasteiger partial charge in [0.15, 0.2) is 5.78 Å². The Morgan fingerprint density at radius 2 is 2.00 bits per heavy atom. The van der Waals surface area contributed by atoms with Crippen LogP contribution >= 0.6 is 0 Å². The molecule has 0 bridgehead atoms. The number of carbonyl (C=O) groups is 1. The number of halogens is 1. The van der Waals surface area contributed by atoms with Gasteiger partial charge in [-0.05, 0) is 49.0 Å². The first kappa shape index (κ1) is 15.9. The van der Waals surface area contributed by atoms with Crippen LogP contribution in [0.4, 0.5) is 4.39 Å². The topological polar surface area (TPSA) is 46.5 Å². The van der Waals surface area contributed by atoms with Crippen LogP contribution in [0, 0.1) is 12.7 Å². The summed E-state index contributed by atoms with van der Waals surface area (Å²) in [5.74, 6) is -0.535. The van der Waals surface area contributed by atoms with E-state index < -0.39 is 12.7 Å². The number of benzene rings is 2. The van der Waals surface area contributed by atoms with Crippen molar-refractivity contribution < 1.29 is 18.9 Å². The molecule has 3 nitrogen and oxygen atoms in total. The Labute approximate surface area is 135 Å². The number of hydrogen-bond donors (Lipinski definition) is 1. The maximum Gasteiger partial charge on any atom is 0.492 e. The third-order valence-electron chi connectivity index (χ3n) is 4.30. The zero-order valence-electron chi connectivity index (χ0n) is 13.4. The van der Waals surface area contributed by atoms with Gasteiger partial charge in [-0.25, -0.2) is 4.39 Å². The maximum atomic E-state index is 13.6. The molecule has 0 unspecified atom stereocenters. The Kier molecular flexibility index (Phi) is 3.86. The van der Waals surface area contributed by atoms with Crippen LogP contribution in [0.15, 0.2) is 36.4 Å². The van der Waals surface area contributed by atoms with Crippen molar-refractivity contribution in [1.29, 1.82) is 0 Å². The minimum atomic E-state index is -0.980. The van der Waals surface area contributed by atoms with Crippen molar-refractivity contribution in [2.45, 2.75) is 32.8 Å². The Hall–Kier alpha value is -1.98. The van der Waals surface area contributed by atoms with Crippen LogP contribution in [0.5, 0.6) is 0 Å². The molecule has 0 amide bonds. The standard InChI is InChI=1S/C18H18BFO3/c1-11-4-6-13(10-16(11)20)17(21)9-12-5-7-14-15(8-12)19(22)23-18(14,2)3/h4-8,10,22H,9H2,1-3H3. The maximum absolute atomic E-state index is 13.6. The zero-order valence-corrected chi connectivity index (χ0v) is 13.4. The molecule has 118 valence electrons. The van der Waals surface area contributed by atoms with Crippen molar-refractivity contribution in [2.75, 3.05) is 0 Å². The summed E-state index contributed by atoms with van der Waals surface area (Å²) in [5, 5.41) is 10.0. The van der Waals surface area contributed by atoms with Crippen LogP contribution in [0.3, 0.4) is 0 Å². The van der Waals surface area contributed by atoms with Crippen molar-refractivity contribution >= 4 is 18.4 Å². The molecule has 0 aromatic heterocycles. The van der Waals surface area contributed by atoms with Gasteiger partial charge in [-0.15, -0.1) is 0 Å². The lowest BCUT2D eigenvalue weighted by molar-refractivity contribution is 0.0991. The van der Waals surface area contributed by atoms with Gasteiger partial charge >= 0.3 is 7.12 Å². The van der Waals surface area contributed by atoms with Crippen LogP contribution in [0.2, 0.25) is 0 Å². The lowest BCUT2D eigenvalue weighted by atomic mass is 9.77. The van der Waals surface area contributed by atoms with Gasteiger partial charge in [0.2, 0.25) is 0 Å². The predicted octanol–water partition coefficient (Wildman–Crippen LogP) is 2.51. The van der Waals surface area contributed by atoms with Crippen LogP contribution in [-0.2, 0) is 16.7 Å². The molecule has 1 N–H and O–H groups in total. The first-order valence-corrected chi connectivity index (χ1v) is 7.56. The zero-order chi connectivity index (χ0) is 16.8. The summed E-state index contributed by atoms with van der Waals surface area (Å²) in [7, 11) is -0.980. The molecule has 0 atom stereocenters. The van der Waals surface area contributed by atoms with Gasteiger partial charge in [0.25, 0.3) is 0 Å². The molecule has 0 saturated carbocycles. The fourth-order valence-corrected chi connectivity index (χ4v) is 2.93. The summed E-state index contributed by atoms with van der Waals surface area (Å²) in [6, 6.07) is 10.0. The predicted molar refractivity (Wildman–Crippen MR) is 87.3 cm³/mol. The number of ketones is 1. The molecule has 3 rings (SSSR count). The Bertz CT molecular complexity index is 786. The van der Waals surface area contributed by atoms with E-state index in [9.17, 15) is 14.2 Å². The highest BCUT2D eigenvalue weighted by atomic mass is 19.1. The first-order valence-electron chi connectivity index (χ1n) is 7.56. The van der Waals surface area contributed by atoms with Gasteiger partial charge in [-0.3, -0.25) is 4.79 Å². The summed E-state index contributed by atoms with van der Waals surface area (Å²) in [4.78, 5) is 12.3. The monoisotopic (exact) mass is 312 g/mol. The van der Waals surface area contributed by atoms with Gasteiger partial charge < -0.3 is 9.68 Å². The van der Waals surface area contributed by atoms with Gasteiger partial charge in [-0.2, -0.15) is 0 Å². The van der Waals surface area contributed by atoms with E-state index in [0.29, 0.717) is 16.6 Å². The number of fused-ring (bicyclic) bond motifs is 1. The second kappa shape index (κ2) is 5.58. The third-order valence-corrected chi connectivity index (χ3v) is 4.30. The molecule has 2 aromatic carbocycles. The van der Waals surface area contributed by atoms with Crippen LogP contribution in [0.1, 0.15) is 40.9 Å². The van der Waals surface area contributed by atoms with E-state index in [1.165, 1.54) is 6.07 Å². The van der Waals surface area contributed by atoms with Crippen LogP contribution in [0.25, 0.3) is 0 Å². The fraction of sp³-hybridized carbons (Fsp3) is 0.278. The van der Waals surface area contributed by atoms with Crippen molar-refractivity contribution in [3.05, 3.63) is 64.5 Å². The van der Waals surface area contributed by atoms with E-state index in [4.69, 9.17) is 4.65 Å². The van der Waals surface area contributed by atoms with Crippen molar-refractivity contribution in [3.8, 4) is 0 Å². The van der Waals surface area contributed by atoms with Gasteiger partial charge in [0.05, 0.1) is 5.60 Å². The summed E-state index contributed by atoms with van der Waals surface area (Å²) in [6.45, 7) is 5.44. The average molecular weight is 312 g/mol. The smallest absolute Gasteiger partial charge is 0.423 e. The summed E-state index contributed by atoms with van der Waals surface area (Å²) in [6.07, 6.45) is 0.156. The molecule has 0 aliphatic carbocycles. The number of hydrogen-bond acceptors (Lipinski definition) is 3. The molecule has 0 spiro atoms. The summed E-state index contributed by atoms with van der Waals surface area (Å²) < 4.78 is 19.1. The molecule has 2 aromatic rings. The van der Waals surface area contributed by atoms with E-state index in [1.807, 2.05) is 26.0 Å². The van der Waals surface area contributed by atoms with E-state index in [1.54, 1.807) is 25.1 Å². The molecule has 5 heteroatoms. The van der Waals surface area contributed by atoms with Crippen LogP contribution < -0.4 is 5.46 Å². The highest BCUT2D eigenvalue weighted by Crippen LogP contribution is 2.30. The van der Waals surface area contributed by atoms with Crippen molar-refractivity contribution in [1.82, 2.24) is 0 Å². The largest absolute Gasteiger partial charge is 0.492 e. The van der Waals surface area contributed by atoms with Crippen molar-refractivity contribution in [3.63, 3.8) is 0 Å². The average Bonchev–Trinajstić information content (AvgIpc) is 2.71. The molecule has 1 aliphatic heterocycles. The van der Waals surface area contributed by atoms with E-state index in [0.717, 1.165) is 11.1 Å². The minimum Gasteiger partial charge on any atom is -0.423 e. The summed E-state index contributed by atoms with van der Waals surface area (Å²) >= 11 is 0. The molecule has 0 saturated heterocycles. The lowest BCUT2D eigenvalue weighted by Crippen LogP contribution is -2.29. The van der Waals surface area contributed by atoms with E-state index >= 15 is 0 Å². The highest BCUT2D eigenvalue weighted by Gasteiger charge is 2.40. The van der Waals surface area contributed by atoms with E-state index in [-0.39, 0.29) is 18.0 Å². The molecular formula is C18H18BFO3. The van der Waals surface area contributed by atoms with Crippen molar-refractivity contribution in [2.24, 2.45) is 0 Å². The number of carbonyl (C=O) groups excluding carboxylic acids is 1. The first-order chi connectivity index (χ1) is 10.8. The molecule has 23 heavy (non-hydrogen) atoms. The second-order valence-corrected chi connectivity index (χ2v) is 6.47.